The highest BCUT2D eigenvalue weighted by Crippen LogP contribution is 2.21. The van der Waals surface area contributed by atoms with Crippen molar-refractivity contribution in [3.8, 4) is 0 Å². The second kappa shape index (κ2) is 8.64. The maximum absolute atomic E-state index is 12.7. The molecule has 1 aromatic rings. The first-order valence-electron chi connectivity index (χ1n) is 9.50. The van der Waals surface area contributed by atoms with E-state index < -0.39 is 21.5 Å². The molecule has 2 fully saturated rings. The Morgan fingerprint density at radius 1 is 1.14 bits per heavy atom. The minimum atomic E-state index is -3.27. The monoisotopic (exact) mass is 426 g/mol. The molecule has 0 atom stereocenters. The van der Waals surface area contributed by atoms with Gasteiger partial charge in [-0.1, -0.05) is 0 Å². The number of sulfonamides is 1. The van der Waals surface area contributed by atoms with Crippen LogP contribution < -0.4 is 10.9 Å². The van der Waals surface area contributed by atoms with Gasteiger partial charge in [-0.25, -0.2) is 12.7 Å². The Hall–Kier alpha value is -2.24. The lowest BCUT2D eigenvalue weighted by atomic mass is 9.97. The topological polar surface area (TPSA) is 118 Å². The fraction of sp³-hybridized carbons (Fsp3) is 0.611. The summed E-state index contributed by atoms with van der Waals surface area (Å²) in [5.74, 6) is -0.955. The van der Waals surface area contributed by atoms with Crippen LogP contribution in [0.25, 0.3) is 0 Å². The number of nitrogens with zero attached hydrogens (tertiary/aromatic N) is 3. The molecular weight excluding hydrogens is 400 g/mol. The van der Waals surface area contributed by atoms with Crippen LogP contribution in [0, 0.1) is 5.92 Å². The Labute approximate surface area is 169 Å². The predicted molar refractivity (Wildman–Crippen MR) is 106 cm³/mol. The van der Waals surface area contributed by atoms with Gasteiger partial charge in [-0.05, 0) is 18.9 Å². The summed E-state index contributed by atoms with van der Waals surface area (Å²) in [6.07, 6.45) is 3.37. The minimum absolute atomic E-state index is 0.0437. The zero-order chi connectivity index (χ0) is 21.2. The lowest BCUT2D eigenvalue weighted by molar-refractivity contribution is -0.120. The molecule has 0 aromatic carbocycles. The van der Waals surface area contributed by atoms with E-state index in [-0.39, 0.29) is 30.6 Å². The number of aromatic nitrogens is 1. The largest absolute Gasteiger partial charge is 0.378 e. The molecule has 160 valence electrons. The highest BCUT2D eigenvalue weighted by atomic mass is 32.2. The number of carbonyl (C=O) groups excluding carboxylic acids is 2. The first-order valence-corrected chi connectivity index (χ1v) is 11.4. The van der Waals surface area contributed by atoms with Crippen LogP contribution >= 0.6 is 0 Å². The number of morpholine rings is 1. The molecule has 0 radical (unpaired) electrons. The number of pyridine rings is 1. The molecule has 2 amide bonds. The van der Waals surface area contributed by atoms with Crippen LogP contribution in [-0.4, -0.2) is 79.7 Å². The second-order valence-electron chi connectivity index (χ2n) is 7.39. The van der Waals surface area contributed by atoms with Crippen molar-refractivity contribution in [3.05, 3.63) is 28.2 Å². The number of hydrogen-bond acceptors (Lipinski definition) is 6. The standard InChI is InChI=1S/C18H26N4O6S/c1-20-12-14(17(24)21-7-9-28-10-8-21)11-15(18(20)25)19-16(23)13-3-5-22(6-4-13)29(2,26)27/h11-13H,3-10H2,1-2H3,(H,19,23). The van der Waals surface area contributed by atoms with Crippen LogP contribution in [0.3, 0.4) is 0 Å². The fourth-order valence-corrected chi connectivity index (χ4v) is 4.43. The van der Waals surface area contributed by atoms with E-state index in [1.54, 1.807) is 4.90 Å². The summed E-state index contributed by atoms with van der Waals surface area (Å²) in [6, 6.07) is 1.41. The van der Waals surface area contributed by atoms with Crippen LogP contribution in [0.15, 0.2) is 17.1 Å². The highest BCUT2D eigenvalue weighted by molar-refractivity contribution is 7.88. The number of nitrogens with one attached hydrogen (secondary N) is 1. The molecule has 0 unspecified atom stereocenters. The smallest absolute Gasteiger partial charge is 0.274 e. The van der Waals surface area contributed by atoms with Crippen molar-refractivity contribution in [2.75, 3.05) is 51.0 Å². The molecule has 0 aliphatic carbocycles. The summed E-state index contributed by atoms with van der Waals surface area (Å²) in [7, 11) is -1.75. The zero-order valence-electron chi connectivity index (χ0n) is 16.6. The number of ether oxygens (including phenoxy) is 1. The summed E-state index contributed by atoms with van der Waals surface area (Å²) in [6.45, 7) is 2.42. The summed E-state index contributed by atoms with van der Waals surface area (Å²) in [5, 5.41) is 2.64. The minimum Gasteiger partial charge on any atom is -0.378 e. The van der Waals surface area contributed by atoms with Gasteiger partial charge in [-0.15, -0.1) is 0 Å². The van der Waals surface area contributed by atoms with Crippen molar-refractivity contribution in [1.29, 1.82) is 0 Å². The number of carbonyl (C=O) groups is 2. The second-order valence-corrected chi connectivity index (χ2v) is 9.37. The molecule has 3 rings (SSSR count). The molecule has 2 aliphatic rings. The van der Waals surface area contributed by atoms with Gasteiger partial charge in [-0.2, -0.15) is 0 Å². The van der Waals surface area contributed by atoms with E-state index in [1.807, 2.05) is 0 Å². The predicted octanol–water partition coefficient (Wildman–Crippen LogP) is -0.532. The molecule has 10 nitrogen and oxygen atoms in total. The van der Waals surface area contributed by atoms with Crippen molar-refractivity contribution in [2.45, 2.75) is 12.8 Å². The number of amides is 2. The third-order valence-corrected chi connectivity index (χ3v) is 6.58. The number of piperidine rings is 1. The number of hydrogen-bond donors (Lipinski definition) is 1. The van der Waals surface area contributed by atoms with Crippen LogP contribution in [0.5, 0.6) is 0 Å². The molecule has 0 spiro atoms. The lowest BCUT2D eigenvalue weighted by Crippen LogP contribution is -2.42. The van der Waals surface area contributed by atoms with Gasteiger partial charge in [0.05, 0.1) is 25.0 Å². The fourth-order valence-electron chi connectivity index (χ4n) is 3.55. The molecule has 0 saturated carbocycles. The maximum Gasteiger partial charge on any atom is 0.274 e. The van der Waals surface area contributed by atoms with Gasteiger partial charge < -0.3 is 19.5 Å². The Morgan fingerprint density at radius 2 is 1.76 bits per heavy atom. The highest BCUT2D eigenvalue weighted by Gasteiger charge is 2.29. The summed E-state index contributed by atoms with van der Waals surface area (Å²) in [5.41, 5.74) is -0.0520. The maximum atomic E-state index is 12.7. The molecule has 11 heteroatoms. The summed E-state index contributed by atoms with van der Waals surface area (Å²) < 4.78 is 31.1. The molecule has 1 N–H and O–H groups in total. The molecule has 2 saturated heterocycles. The van der Waals surface area contributed by atoms with E-state index in [1.165, 1.54) is 28.2 Å². The lowest BCUT2D eigenvalue weighted by Gasteiger charge is -2.29. The quantitative estimate of drug-likeness (QED) is 0.691. The van der Waals surface area contributed by atoms with Gasteiger partial charge in [-0.3, -0.25) is 14.4 Å². The molecule has 3 heterocycles. The van der Waals surface area contributed by atoms with Crippen molar-refractivity contribution >= 4 is 27.5 Å². The van der Waals surface area contributed by atoms with Crippen molar-refractivity contribution in [2.24, 2.45) is 13.0 Å². The van der Waals surface area contributed by atoms with E-state index in [0.717, 1.165) is 6.26 Å². The number of aryl methyl sites for hydroxylation is 1. The number of anilines is 1. The Morgan fingerprint density at radius 3 is 2.34 bits per heavy atom. The molecule has 29 heavy (non-hydrogen) atoms. The van der Waals surface area contributed by atoms with Gasteiger partial charge in [0.15, 0.2) is 0 Å². The Balaban J connectivity index is 1.72. The average Bonchev–Trinajstić information content (AvgIpc) is 2.70. The van der Waals surface area contributed by atoms with Gasteiger partial charge in [0.2, 0.25) is 15.9 Å². The number of rotatable bonds is 4. The zero-order valence-corrected chi connectivity index (χ0v) is 17.4. The molecule has 0 bridgehead atoms. The van der Waals surface area contributed by atoms with Crippen LogP contribution in [-0.2, 0) is 26.6 Å². The third-order valence-electron chi connectivity index (χ3n) is 5.28. The van der Waals surface area contributed by atoms with Crippen molar-refractivity contribution < 1.29 is 22.7 Å². The van der Waals surface area contributed by atoms with Gasteiger partial charge in [0, 0.05) is 45.3 Å². The average molecular weight is 426 g/mol. The van der Waals surface area contributed by atoms with Crippen LogP contribution in [0.4, 0.5) is 5.69 Å². The molecular formula is C18H26N4O6S. The SMILES string of the molecule is Cn1cc(C(=O)N2CCOCC2)cc(NC(=O)C2CCN(S(C)(=O)=O)CC2)c1=O. The molecule has 1 aromatic heterocycles. The van der Waals surface area contributed by atoms with Gasteiger partial charge >= 0.3 is 0 Å². The Bertz CT molecular complexity index is 944. The van der Waals surface area contributed by atoms with Crippen LogP contribution in [0.2, 0.25) is 0 Å². The van der Waals surface area contributed by atoms with E-state index in [4.69, 9.17) is 4.74 Å². The van der Waals surface area contributed by atoms with E-state index >= 15 is 0 Å². The van der Waals surface area contributed by atoms with Crippen LogP contribution in [0.1, 0.15) is 23.2 Å². The summed E-state index contributed by atoms with van der Waals surface area (Å²) >= 11 is 0. The van der Waals surface area contributed by atoms with E-state index in [2.05, 4.69) is 5.32 Å². The first kappa shape index (κ1) is 21.5. The molecule has 2 aliphatic heterocycles. The van der Waals surface area contributed by atoms with Gasteiger partial charge in [0.1, 0.15) is 5.69 Å². The third kappa shape index (κ3) is 5.03. The summed E-state index contributed by atoms with van der Waals surface area (Å²) in [4.78, 5) is 39.4. The van der Waals surface area contributed by atoms with Crippen molar-refractivity contribution in [1.82, 2.24) is 13.8 Å². The van der Waals surface area contributed by atoms with E-state index in [0.29, 0.717) is 44.7 Å². The first-order chi connectivity index (χ1) is 13.7. The Kier molecular flexibility index (Phi) is 6.39. The normalized spacial score (nSPS) is 19.2. The van der Waals surface area contributed by atoms with Crippen molar-refractivity contribution in [3.63, 3.8) is 0 Å². The van der Waals surface area contributed by atoms with Gasteiger partial charge in [0.25, 0.3) is 11.5 Å². The van der Waals surface area contributed by atoms with E-state index in [9.17, 15) is 22.8 Å².